The first kappa shape index (κ1) is 18.8. The van der Waals surface area contributed by atoms with Crippen LogP contribution in [-0.4, -0.2) is 6.03 Å². The second-order valence-electron chi connectivity index (χ2n) is 7.68. The van der Waals surface area contributed by atoms with Gasteiger partial charge >= 0.3 is 6.03 Å². The Kier molecular flexibility index (Phi) is 5.27. The van der Waals surface area contributed by atoms with Gasteiger partial charge in [-0.2, -0.15) is 5.26 Å². The van der Waals surface area contributed by atoms with Crippen LogP contribution in [0.15, 0.2) is 24.3 Å². The molecule has 2 aromatic rings. The van der Waals surface area contributed by atoms with E-state index >= 15 is 0 Å². The zero-order valence-electron chi connectivity index (χ0n) is 15.1. The Morgan fingerprint density at radius 2 is 2.04 bits per heavy atom. The van der Waals surface area contributed by atoms with E-state index < -0.39 is 0 Å². The summed E-state index contributed by atoms with van der Waals surface area (Å²) in [6, 6.07) is 8.95. The van der Waals surface area contributed by atoms with Gasteiger partial charge in [-0.15, -0.1) is 11.3 Å². The van der Waals surface area contributed by atoms with Crippen molar-refractivity contribution in [2.24, 2.45) is 11.3 Å². The number of halogens is 1. The van der Waals surface area contributed by atoms with Crippen LogP contribution in [-0.2, 0) is 12.8 Å². The van der Waals surface area contributed by atoms with Crippen LogP contribution in [0, 0.1) is 22.7 Å². The van der Waals surface area contributed by atoms with Crippen molar-refractivity contribution < 1.29 is 4.79 Å². The summed E-state index contributed by atoms with van der Waals surface area (Å²) in [5, 5.41) is 16.3. The fraction of sp³-hybridized carbons (Fsp3) is 0.400. The highest BCUT2D eigenvalue weighted by molar-refractivity contribution is 7.16. The second kappa shape index (κ2) is 7.30. The molecule has 0 saturated heterocycles. The fourth-order valence-electron chi connectivity index (χ4n) is 3.35. The molecule has 0 aliphatic heterocycles. The molecule has 1 aromatic heterocycles. The molecule has 1 heterocycles. The Bertz CT molecular complexity index is 876. The van der Waals surface area contributed by atoms with Crippen molar-refractivity contribution in [1.29, 1.82) is 5.26 Å². The van der Waals surface area contributed by atoms with E-state index in [1.807, 2.05) is 0 Å². The molecule has 0 unspecified atom stereocenters. The molecular weight excluding hydrogens is 366 g/mol. The Morgan fingerprint density at radius 3 is 2.69 bits per heavy atom. The molecule has 0 spiro atoms. The number of carbonyl (C=O) groups is 1. The van der Waals surface area contributed by atoms with Crippen LogP contribution in [0.5, 0.6) is 0 Å². The van der Waals surface area contributed by atoms with Crippen LogP contribution < -0.4 is 10.6 Å². The average molecular weight is 388 g/mol. The first-order valence-corrected chi connectivity index (χ1v) is 9.86. The van der Waals surface area contributed by atoms with Crippen molar-refractivity contribution in [2.75, 3.05) is 10.6 Å². The molecule has 0 bridgehead atoms. The number of fused-ring (bicyclic) bond motifs is 1. The predicted molar refractivity (Wildman–Crippen MR) is 108 cm³/mol. The van der Waals surface area contributed by atoms with E-state index in [1.54, 1.807) is 24.3 Å². The molecule has 0 saturated carbocycles. The minimum absolute atomic E-state index is 0.240. The predicted octanol–water partition coefficient (Wildman–Crippen LogP) is 6.07. The van der Waals surface area contributed by atoms with Crippen LogP contribution in [0.4, 0.5) is 15.5 Å². The van der Waals surface area contributed by atoms with Gasteiger partial charge in [0.05, 0.1) is 16.3 Å². The van der Waals surface area contributed by atoms with Crippen LogP contribution in [0.2, 0.25) is 5.02 Å². The van der Waals surface area contributed by atoms with Crippen LogP contribution >= 0.6 is 22.9 Å². The fourth-order valence-corrected chi connectivity index (χ4v) is 4.81. The summed E-state index contributed by atoms with van der Waals surface area (Å²) in [5.74, 6) is 0.588. The Morgan fingerprint density at radius 1 is 1.31 bits per heavy atom. The molecule has 6 heteroatoms. The third kappa shape index (κ3) is 3.87. The maximum absolute atomic E-state index is 12.4. The van der Waals surface area contributed by atoms with Crippen LogP contribution in [0.1, 0.15) is 43.2 Å². The van der Waals surface area contributed by atoms with Crippen LogP contribution in [0.3, 0.4) is 0 Å². The summed E-state index contributed by atoms with van der Waals surface area (Å²) < 4.78 is 0. The molecule has 1 aromatic carbocycles. The number of hydrogen-bond donors (Lipinski definition) is 2. The average Bonchev–Trinajstić information content (AvgIpc) is 2.92. The molecular formula is C20H22ClN3OS. The number of hydrogen-bond acceptors (Lipinski definition) is 3. The number of nitrogens with zero attached hydrogens (tertiary/aromatic N) is 1. The van der Waals surface area contributed by atoms with Gasteiger partial charge in [0.1, 0.15) is 11.1 Å². The first-order chi connectivity index (χ1) is 12.3. The van der Waals surface area contributed by atoms with Gasteiger partial charge in [-0.3, -0.25) is 5.32 Å². The SMILES string of the molecule is CC(C)(C)[C@H]1CCc2c(sc(NC(=O)Nc3ccccc3Cl)c2C#N)C1. The van der Waals surface area contributed by atoms with Crippen molar-refractivity contribution in [3.8, 4) is 6.07 Å². The highest BCUT2D eigenvalue weighted by Gasteiger charge is 2.32. The summed E-state index contributed by atoms with van der Waals surface area (Å²) in [7, 11) is 0. The molecule has 2 amide bonds. The second-order valence-corrected chi connectivity index (χ2v) is 9.20. The highest BCUT2D eigenvalue weighted by atomic mass is 35.5. The van der Waals surface area contributed by atoms with Crippen molar-refractivity contribution in [1.82, 2.24) is 0 Å². The number of para-hydroxylation sites is 1. The lowest BCUT2D eigenvalue weighted by Gasteiger charge is -2.33. The third-order valence-corrected chi connectivity index (χ3v) is 6.45. The molecule has 4 nitrogen and oxygen atoms in total. The number of nitriles is 1. The number of nitrogens with one attached hydrogen (secondary N) is 2. The number of urea groups is 1. The van der Waals surface area contributed by atoms with Gasteiger partial charge in [0.15, 0.2) is 0 Å². The molecule has 0 fully saturated rings. The van der Waals surface area contributed by atoms with Crippen LogP contribution in [0.25, 0.3) is 0 Å². The van der Waals surface area contributed by atoms with Crippen molar-refractivity contribution in [3.05, 3.63) is 45.3 Å². The summed E-state index contributed by atoms with van der Waals surface area (Å²) in [5.41, 5.74) is 2.49. The minimum atomic E-state index is -0.388. The maximum atomic E-state index is 12.4. The first-order valence-electron chi connectivity index (χ1n) is 8.66. The quantitative estimate of drug-likeness (QED) is 0.656. The van der Waals surface area contributed by atoms with E-state index in [-0.39, 0.29) is 11.4 Å². The monoisotopic (exact) mass is 387 g/mol. The molecule has 1 atom stereocenters. The van der Waals surface area contributed by atoms with E-state index in [1.165, 1.54) is 16.2 Å². The van der Waals surface area contributed by atoms with E-state index in [9.17, 15) is 10.1 Å². The number of thiophene rings is 1. The minimum Gasteiger partial charge on any atom is -0.306 e. The molecule has 1 aliphatic rings. The lowest BCUT2D eigenvalue weighted by atomic mass is 9.72. The largest absolute Gasteiger partial charge is 0.324 e. The lowest BCUT2D eigenvalue weighted by Crippen LogP contribution is -2.26. The van der Waals surface area contributed by atoms with E-state index in [0.717, 1.165) is 24.8 Å². The Balaban J connectivity index is 1.79. The Hall–Kier alpha value is -2.03. The lowest BCUT2D eigenvalue weighted by molar-refractivity contribution is 0.218. The van der Waals surface area contributed by atoms with Gasteiger partial charge in [-0.25, -0.2) is 4.79 Å². The van der Waals surface area contributed by atoms with Gasteiger partial charge in [-0.05, 0) is 48.3 Å². The summed E-state index contributed by atoms with van der Waals surface area (Å²) >= 11 is 7.60. The summed E-state index contributed by atoms with van der Waals surface area (Å²) in [6.45, 7) is 6.78. The molecule has 26 heavy (non-hydrogen) atoms. The van der Waals surface area contributed by atoms with Gasteiger partial charge in [0.2, 0.25) is 0 Å². The van der Waals surface area contributed by atoms with Gasteiger partial charge in [-0.1, -0.05) is 44.5 Å². The Labute approximate surface area is 163 Å². The highest BCUT2D eigenvalue weighted by Crippen LogP contribution is 2.44. The van der Waals surface area contributed by atoms with Gasteiger partial charge in [0, 0.05) is 4.88 Å². The number of carbonyl (C=O) groups excluding carboxylic acids is 1. The van der Waals surface area contributed by atoms with Gasteiger partial charge in [0.25, 0.3) is 0 Å². The van der Waals surface area contributed by atoms with E-state index in [2.05, 4.69) is 37.5 Å². The third-order valence-electron chi connectivity index (χ3n) is 4.95. The smallest absolute Gasteiger partial charge is 0.306 e. The van der Waals surface area contributed by atoms with Crippen molar-refractivity contribution in [2.45, 2.75) is 40.0 Å². The number of amides is 2. The zero-order chi connectivity index (χ0) is 18.9. The topological polar surface area (TPSA) is 64.9 Å². The molecule has 0 radical (unpaired) electrons. The van der Waals surface area contributed by atoms with Crippen molar-refractivity contribution in [3.63, 3.8) is 0 Å². The zero-order valence-corrected chi connectivity index (χ0v) is 16.7. The van der Waals surface area contributed by atoms with Crippen molar-refractivity contribution >= 4 is 39.7 Å². The molecule has 1 aliphatic carbocycles. The number of rotatable bonds is 2. The normalized spacial score (nSPS) is 16.5. The summed E-state index contributed by atoms with van der Waals surface area (Å²) in [6.07, 6.45) is 2.93. The standard InChI is InChI=1S/C20H22ClN3OS/c1-20(2,3)12-8-9-13-14(11-22)18(26-17(13)10-12)24-19(25)23-16-7-5-4-6-15(16)21/h4-7,12H,8-10H2,1-3H3,(H2,23,24,25)/t12-/m0/s1. The molecule has 136 valence electrons. The number of anilines is 2. The van der Waals surface area contributed by atoms with E-state index in [0.29, 0.717) is 27.2 Å². The van der Waals surface area contributed by atoms with E-state index in [4.69, 9.17) is 11.6 Å². The maximum Gasteiger partial charge on any atom is 0.324 e. The number of benzene rings is 1. The summed E-state index contributed by atoms with van der Waals surface area (Å²) in [4.78, 5) is 13.6. The molecule has 3 rings (SSSR count). The molecule has 2 N–H and O–H groups in total. The van der Waals surface area contributed by atoms with Gasteiger partial charge < -0.3 is 5.32 Å².